The van der Waals surface area contributed by atoms with E-state index in [2.05, 4.69) is 47.4 Å². The highest BCUT2D eigenvalue weighted by Gasteiger charge is 2.36. The van der Waals surface area contributed by atoms with Crippen LogP contribution < -0.4 is 4.90 Å². The number of anilines is 3. The summed E-state index contributed by atoms with van der Waals surface area (Å²) in [6.45, 7) is 0. The summed E-state index contributed by atoms with van der Waals surface area (Å²) in [7, 11) is 0. The van der Waals surface area contributed by atoms with Gasteiger partial charge in [-0.05, 0) is 64.1 Å². The molecule has 4 aromatic rings. The first-order chi connectivity index (χ1) is 13.9. The summed E-state index contributed by atoms with van der Waals surface area (Å²) in [5.74, 6) is 0. The van der Waals surface area contributed by atoms with E-state index in [0.29, 0.717) is 0 Å². The Hall–Kier alpha value is -3.46. The SMILES string of the molecule is c1ccc2c(c1)Cc1cc3c4c(c1-2)Cc1ncccc1N4c1cccnc1C3. The van der Waals surface area contributed by atoms with Crippen molar-refractivity contribution in [3.05, 3.63) is 101 Å². The fourth-order valence-electron chi connectivity index (χ4n) is 5.30. The summed E-state index contributed by atoms with van der Waals surface area (Å²) < 4.78 is 0. The highest BCUT2D eigenvalue weighted by Crippen LogP contribution is 2.54. The van der Waals surface area contributed by atoms with Gasteiger partial charge in [-0.15, -0.1) is 0 Å². The molecular weight excluding hydrogens is 342 g/mol. The molecule has 3 aliphatic rings. The second kappa shape index (κ2) is 5.08. The molecule has 0 atom stereocenters. The van der Waals surface area contributed by atoms with Gasteiger partial charge in [-0.25, -0.2) is 0 Å². The van der Waals surface area contributed by atoms with Crippen LogP contribution in [-0.4, -0.2) is 9.97 Å². The zero-order valence-corrected chi connectivity index (χ0v) is 15.3. The number of hydrogen-bond acceptors (Lipinski definition) is 3. The summed E-state index contributed by atoms with van der Waals surface area (Å²) in [5, 5.41) is 0. The molecule has 0 saturated carbocycles. The fourth-order valence-corrected chi connectivity index (χ4v) is 5.30. The van der Waals surface area contributed by atoms with Crippen LogP contribution in [0, 0.1) is 0 Å². The summed E-state index contributed by atoms with van der Waals surface area (Å²) in [6, 6.07) is 19.8. The van der Waals surface area contributed by atoms with Gasteiger partial charge in [-0.3, -0.25) is 9.97 Å². The summed E-state index contributed by atoms with van der Waals surface area (Å²) in [6.07, 6.45) is 6.63. The molecule has 7 rings (SSSR count). The van der Waals surface area contributed by atoms with Crippen molar-refractivity contribution in [2.24, 2.45) is 0 Å². The van der Waals surface area contributed by atoms with E-state index >= 15 is 0 Å². The Morgan fingerprint density at radius 2 is 1.43 bits per heavy atom. The third kappa shape index (κ3) is 1.74. The van der Waals surface area contributed by atoms with Crippen molar-refractivity contribution < 1.29 is 0 Å². The summed E-state index contributed by atoms with van der Waals surface area (Å²) >= 11 is 0. The zero-order chi connectivity index (χ0) is 18.2. The molecule has 3 nitrogen and oxygen atoms in total. The van der Waals surface area contributed by atoms with E-state index in [1.165, 1.54) is 50.4 Å². The first-order valence-electron chi connectivity index (χ1n) is 9.82. The first-order valence-corrected chi connectivity index (χ1v) is 9.82. The number of rotatable bonds is 0. The lowest BCUT2D eigenvalue weighted by Crippen LogP contribution is -2.26. The average molecular weight is 359 g/mol. The standard InChI is InChI=1S/C25H17N3/c1-2-6-18-15(5-1)11-16-12-17-13-20-22(7-3-9-26-20)28-23-8-4-10-27-21(23)14-19(24(16)18)25(17)28/h1-10,12H,11,13-14H2. The Morgan fingerprint density at radius 3 is 2.25 bits per heavy atom. The molecule has 2 aromatic carbocycles. The van der Waals surface area contributed by atoms with Gasteiger partial charge in [0, 0.05) is 25.2 Å². The molecule has 0 saturated heterocycles. The van der Waals surface area contributed by atoms with Crippen molar-refractivity contribution in [2.45, 2.75) is 19.3 Å². The molecule has 0 radical (unpaired) electrons. The highest BCUT2D eigenvalue weighted by molar-refractivity contribution is 5.94. The van der Waals surface area contributed by atoms with Gasteiger partial charge in [0.15, 0.2) is 0 Å². The van der Waals surface area contributed by atoms with E-state index in [9.17, 15) is 0 Å². The van der Waals surface area contributed by atoms with E-state index in [4.69, 9.17) is 9.97 Å². The number of aromatic nitrogens is 2. The maximum Gasteiger partial charge on any atom is 0.0688 e. The Bertz CT molecular complexity index is 1290. The Kier molecular flexibility index (Phi) is 2.64. The number of benzene rings is 2. The molecule has 132 valence electrons. The smallest absolute Gasteiger partial charge is 0.0688 e. The molecule has 3 heteroatoms. The number of fused-ring (bicyclic) bond motifs is 8. The van der Waals surface area contributed by atoms with E-state index in [1.807, 2.05) is 24.5 Å². The van der Waals surface area contributed by atoms with Crippen LogP contribution in [0.1, 0.15) is 33.6 Å². The largest absolute Gasteiger partial charge is 0.306 e. The average Bonchev–Trinajstić information content (AvgIpc) is 3.11. The quantitative estimate of drug-likeness (QED) is 0.367. The molecule has 2 aliphatic heterocycles. The third-order valence-electron chi connectivity index (χ3n) is 6.37. The number of pyridine rings is 2. The molecule has 0 amide bonds. The van der Waals surface area contributed by atoms with Crippen LogP contribution in [0.2, 0.25) is 0 Å². The third-order valence-corrected chi connectivity index (χ3v) is 6.37. The van der Waals surface area contributed by atoms with Gasteiger partial charge in [0.2, 0.25) is 0 Å². The molecule has 0 spiro atoms. The van der Waals surface area contributed by atoms with Crippen LogP contribution in [0.4, 0.5) is 17.1 Å². The Morgan fingerprint density at radius 1 is 0.679 bits per heavy atom. The normalized spacial score (nSPS) is 14.6. The van der Waals surface area contributed by atoms with Gasteiger partial charge in [-0.1, -0.05) is 30.3 Å². The second-order valence-corrected chi connectivity index (χ2v) is 7.86. The van der Waals surface area contributed by atoms with Crippen molar-refractivity contribution in [3.8, 4) is 11.1 Å². The molecule has 0 bridgehead atoms. The minimum atomic E-state index is 0.891. The fraction of sp³-hybridized carbons (Fsp3) is 0.120. The van der Waals surface area contributed by atoms with Gasteiger partial charge in [0.25, 0.3) is 0 Å². The van der Waals surface area contributed by atoms with Crippen molar-refractivity contribution in [3.63, 3.8) is 0 Å². The summed E-state index contributed by atoms with van der Waals surface area (Å²) in [4.78, 5) is 11.9. The molecule has 1 aliphatic carbocycles. The molecule has 0 unspecified atom stereocenters. The lowest BCUT2D eigenvalue weighted by atomic mass is 9.84. The molecular formula is C25H17N3. The van der Waals surface area contributed by atoms with Gasteiger partial charge >= 0.3 is 0 Å². The van der Waals surface area contributed by atoms with E-state index in [0.717, 1.165) is 30.7 Å². The van der Waals surface area contributed by atoms with Crippen LogP contribution in [0.15, 0.2) is 67.0 Å². The lowest BCUT2D eigenvalue weighted by molar-refractivity contribution is 0.944. The van der Waals surface area contributed by atoms with E-state index in [1.54, 1.807) is 0 Å². The number of nitrogens with zero attached hydrogens (tertiary/aromatic N) is 3. The number of hydrogen-bond donors (Lipinski definition) is 0. The molecule has 28 heavy (non-hydrogen) atoms. The van der Waals surface area contributed by atoms with Gasteiger partial charge < -0.3 is 4.90 Å². The maximum atomic E-state index is 4.76. The highest BCUT2D eigenvalue weighted by atomic mass is 15.2. The Labute approximate surface area is 163 Å². The second-order valence-electron chi connectivity index (χ2n) is 7.86. The minimum absolute atomic E-state index is 0.891. The zero-order valence-electron chi connectivity index (χ0n) is 15.3. The molecule has 0 fully saturated rings. The monoisotopic (exact) mass is 359 g/mol. The van der Waals surface area contributed by atoms with Crippen LogP contribution in [0.5, 0.6) is 0 Å². The van der Waals surface area contributed by atoms with Gasteiger partial charge in [-0.2, -0.15) is 0 Å². The Balaban J connectivity index is 1.60. The van der Waals surface area contributed by atoms with Crippen molar-refractivity contribution in [1.29, 1.82) is 0 Å². The molecule has 2 aromatic heterocycles. The van der Waals surface area contributed by atoms with Crippen LogP contribution in [0.3, 0.4) is 0 Å². The van der Waals surface area contributed by atoms with E-state index in [-0.39, 0.29) is 0 Å². The minimum Gasteiger partial charge on any atom is -0.306 e. The van der Waals surface area contributed by atoms with Crippen molar-refractivity contribution in [1.82, 2.24) is 9.97 Å². The van der Waals surface area contributed by atoms with Crippen LogP contribution in [0.25, 0.3) is 11.1 Å². The van der Waals surface area contributed by atoms with E-state index < -0.39 is 0 Å². The van der Waals surface area contributed by atoms with Crippen LogP contribution in [-0.2, 0) is 19.3 Å². The van der Waals surface area contributed by atoms with Crippen molar-refractivity contribution in [2.75, 3.05) is 4.90 Å². The predicted molar refractivity (Wildman–Crippen MR) is 111 cm³/mol. The van der Waals surface area contributed by atoms with Crippen LogP contribution >= 0.6 is 0 Å². The topological polar surface area (TPSA) is 29.0 Å². The molecule has 0 N–H and O–H groups in total. The van der Waals surface area contributed by atoms with Gasteiger partial charge in [0.05, 0.1) is 28.5 Å². The van der Waals surface area contributed by atoms with Gasteiger partial charge in [0.1, 0.15) is 0 Å². The lowest BCUT2D eigenvalue weighted by Gasteiger charge is -2.39. The van der Waals surface area contributed by atoms with Crippen molar-refractivity contribution >= 4 is 17.1 Å². The predicted octanol–water partition coefficient (Wildman–Crippen LogP) is 5.33. The summed E-state index contributed by atoms with van der Waals surface area (Å²) in [5.41, 5.74) is 14.6. The first kappa shape index (κ1) is 14.6. The molecule has 4 heterocycles. The maximum absolute atomic E-state index is 4.76.